The van der Waals surface area contributed by atoms with E-state index in [-0.39, 0.29) is 5.78 Å². The standard InChI is InChI=1S/C38H29NO/c1-28-13-8-9-20-35(28)38(40)32-18-12-19-34(27-32)39(33-25-23-30(24-26-33)29-14-4-2-5-15-29)37-22-11-10-21-36(37)31-16-6-3-7-17-31/h2-27H,1H3. The maximum Gasteiger partial charge on any atom is 0.193 e. The third-order valence-electron chi connectivity index (χ3n) is 7.22. The minimum atomic E-state index is 0.0238. The Morgan fingerprint density at radius 1 is 0.500 bits per heavy atom. The quantitative estimate of drug-likeness (QED) is 0.197. The number of anilines is 3. The van der Waals surface area contributed by atoms with Crippen LogP contribution in [0.25, 0.3) is 22.3 Å². The molecule has 0 amide bonds. The van der Waals surface area contributed by atoms with Crippen molar-refractivity contribution in [1.82, 2.24) is 0 Å². The lowest BCUT2D eigenvalue weighted by Crippen LogP contribution is -2.12. The Kier molecular flexibility index (Phi) is 7.07. The van der Waals surface area contributed by atoms with Gasteiger partial charge in [0, 0.05) is 28.1 Å². The Morgan fingerprint density at radius 3 is 1.82 bits per heavy atom. The zero-order valence-electron chi connectivity index (χ0n) is 22.4. The summed E-state index contributed by atoms with van der Waals surface area (Å²) in [7, 11) is 0. The van der Waals surface area contributed by atoms with Crippen LogP contribution in [0.3, 0.4) is 0 Å². The molecular weight excluding hydrogens is 486 g/mol. The van der Waals surface area contributed by atoms with Crippen LogP contribution in [0.15, 0.2) is 158 Å². The van der Waals surface area contributed by atoms with E-state index in [1.54, 1.807) is 0 Å². The molecule has 6 aromatic carbocycles. The van der Waals surface area contributed by atoms with E-state index in [0.29, 0.717) is 5.56 Å². The average Bonchev–Trinajstić information content (AvgIpc) is 3.03. The van der Waals surface area contributed by atoms with E-state index in [1.807, 2.05) is 61.5 Å². The number of hydrogen-bond donors (Lipinski definition) is 0. The predicted octanol–water partition coefficient (Wildman–Crippen LogP) is 10.0. The second-order valence-corrected chi connectivity index (χ2v) is 9.83. The average molecular weight is 516 g/mol. The van der Waals surface area contributed by atoms with E-state index >= 15 is 0 Å². The number of carbonyl (C=O) groups is 1. The largest absolute Gasteiger partial charge is 0.310 e. The summed E-state index contributed by atoms with van der Waals surface area (Å²) in [6.07, 6.45) is 0. The van der Waals surface area contributed by atoms with E-state index in [0.717, 1.165) is 44.9 Å². The van der Waals surface area contributed by atoms with Crippen molar-refractivity contribution >= 4 is 22.8 Å². The summed E-state index contributed by atoms with van der Waals surface area (Å²) in [5, 5.41) is 0. The molecule has 192 valence electrons. The topological polar surface area (TPSA) is 20.3 Å². The van der Waals surface area contributed by atoms with Gasteiger partial charge in [0.05, 0.1) is 5.69 Å². The van der Waals surface area contributed by atoms with Gasteiger partial charge in [-0.25, -0.2) is 0 Å². The molecule has 6 rings (SSSR count). The van der Waals surface area contributed by atoms with Crippen LogP contribution in [-0.4, -0.2) is 5.78 Å². The molecule has 0 bridgehead atoms. The summed E-state index contributed by atoms with van der Waals surface area (Å²) in [5.41, 5.74) is 9.93. The summed E-state index contributed by atoms with van der Waals surface area (Å²) >= 11 is 0. The number of rotatable bonds is 7. The van der Waals surface area contributed by atoms with Gasteiger partial charge in [0.15, 0.2) is 5.78 Å². The lowest BCUT2D eigenvalue weighted by molar-refractivity contribution is 0.103. The van der Waals surface area contributed by atoms with Crippen molar-refractivity contribution in [1.29, 1.82) is 0 Å². The third kappa shape index (κ3) is 5.08. The molecule has 0 aliphatic rings. The highest BCUT2D eigenvalue weighted by Crippen LogP contribution is 2.41. The zero-order valence-corrected chi connectivity index (χ0v) is 22.4. The Balaban J connectivity index is 1.49. The first-order valence-corrected chi connectivity index (χ1v) is 13.5. The van der Waals surface area contributed by atoms with Crippen molar-refractivity contribution in [3.8, 4) is 22.3 Å². The Labute approximate surface area is 235 Å². The molecule has 2 heteroatoms. The van der Waals surface area contributed by atoms with Crippen molar-refractivity contribution in [3.63, 3.8) is 0 Å². The van der Waals surface area contributed by atoms with Gasteiger partial charge >= 0.3 is 0 Å². The molecule has 0 atom stereocenters. The predicted molar refractivity (Wildman–Crippen MR) is 167 cm³/mol. The van der Waals surface area contributed by atoms with Gasteiger partial charge in [-0.1, -0.05) is 127 Å². The molecule has 0 saturated carbocycles. The van der Waals surface area contributed by atoms with Crippen LogP contribution in [0.2, 0.25) is 0 Å². The number of para-hydroxylation sites is 1. The van der Waals surface area contributed by atoms with Gasteiger partial charge in [-0.3, -0.25) is 4.79 Å². The molecule has 0 radical (unpaired) electrons. The molecule has 0 fully saturated rings. The normalized spacial score (nSPS) is 10.7. The van der Waals surface area contributed by atoms with Gasteiger partial charge in [-0.2, -0.15) is 0 Å². The lowest BCUT2D eigenvalue weighted by atomic mass is 9.98. The highest BCUT2D eigenvalue weighted by molar-refractivity contribution is 6.10. The smallest absolute Gasteiger partial charge is 0.193 e. The summed E-state index contributed by atoms with van der Waals surface area (Å²) < 4.78 is 0. The molecule has 0 aromatic heterocycles. The molecule has 6 aromatic rings. The maximum absolute atomic E-state index is 13.6. The van der Waals surface area contributed by atoms with E-state index in [1.165, 1.54) is 5.56 Å². The Hall–Kier alpha value is -5.21. The third-order valence-corrected chi connectivity index (χ3v) is 7.22. The molecule has 0 saturated heterocycles. The first kappa shape index (κ1) is 25.1. The SMILES string of the molecule is Cc1ccccc1C(=O)c1cccc(N(c2ccc(-c3ccccc3)cc2)c2ccccc2-c2ccccc2)c1. The Bertz CT molecular complexity index is 1760. The number of nitrogens with zero attached hydrogens (tertiary/aromatic N) is 1. The van der Waals surface area contributed by atoms with Gasteiger partial charge in [0.1, 0.15) is 0 Å². The highest BCUT2D eigenvalue weighted by atomic mass is 16.1. The summed E-state index contributed by atoms with van der Waals surface area (Å²) in [6.45, 7) is 1.98. The van der Waals surface area contributed by atoms with Gasteiger partial charge in [0.2, 0.25) is 0 Å². The van der Waals surface area contributed by atoms with Crippen LogP contribution in [-0.2, 0) is 0 Å². The highest BCUT2D eigenvalue weighted by Gasteiger charge is 2.19. The van der Waals surface area contributed by atoms with Crippen LogP contribution in [0.1, 0.15) is 21.5 Å². The van der Waals surface area contributed by atoms with Crippen LogP contribution in [0, 0.1) is 6.92 Å². The Morgan fingerprint density at radius 2 is 1.10 bits per heavy atom. The van der Waals surface area contributed by atoms with Crippen LogP contribution >= 0.6 is 0 Å². The molecule has 0 heterocycles. The van der Waals surface area contributed by atoms with Crippen LogP contribution in [0.4, 0.5) is 17.1 Å². The zero-order chi connectivity index (χ0) is 27.3. The molecule has 2 nitrogen and oxygen atoms in total. The monoisotopic (exact) mass is 515 g/mol. The van der Waals surface area contributed by atoms with Crippen molar-refractivity contribution in [2.45, 2.75) is 6.92 Å². The molecule has 40 heavy (non-hydrogen) atoms. The second-order valence-electron chi connectivity index (χ2n) is 9.83. The fourth-order valence-electron chi connectivity index (χ4n) is 5.16. The van der Waals surface area contributed by atoms with E-state index in [4.69, 9.17) is 0 Å². The van der Waals surface area contributed by atoms with Crippen molar-refractivity contribution in [2.75, 3.05) is 4.90 Å². The number of benzene rings is 6. The molecule has 0 unspecified atom stereocenters. The van der Waals surface area contributed by atoms with E-state index in [2.05, 4.69) is 108 Å². The first-order chi connectivity index (χ1) is 19.7. The van der Waals surface area contributed by atoms with Gasteiger partial charge in [0.25, 0.3) is 0 Å². The molecule has 0 aliphatic carbocycles. The van der Waals surface area contributed by atoms with Crippen LogP contribution < -0.4 is 4.90 Å². The molecule has 0 spiro atoms. The number of ketones is 1. The maximum atomic E-state index is 13.6. The van der Waals surface area contributed by atoms with Crippen molar-refractivity contribution in [3.05, 3.63) is 174 Å². The first-order valence-electron chi connectivity index (χ1n) is 13.5. The summed E-state index contributed by atoms with van der Waals surface area (Å²) in [4.78, 5) is 15.8. The van der Waals surface area contributed by atoms with E-state index in [9.17, 15) is 4.79 Å². The lowest BCUT2D eigenvalue weighted by Gasteiger charge is -2.28. The van der Waals surface area contributed by atoms with Crippen molar-refractivity contribution in [2.24, 2.45) is 0 Å². The van der Waals surface area contributed by atoms with Crippen molar-refractivity contribution < 1.29 is 4.79 Å². The fraction of sp³-hybridized carbons (Fsp3) is 0.0263. The van der Waals surface area contributed by atoms with Crippen LogP contribution in [0.5, 0.6) is 0 Å². The van der Waals surface area contributed by atoms with E-state index < -0.39 is 0 Å². The number of hydrogen-bond acceptors (Lipinski definition) is 2. The summed E-state index contributed by atoms with van der Waals surface area (Å²) in [5.74, 6) is 0.0238. The minimum Gasteiger partial charge on any atom is -0.310 e. The number of carbonyl (C=O) groups excluding carboxylic acids is 1. The minimum absolute atomic E-state index is 0.0238. The van der Waals surface area contributed by atoms with Gasteiger partial charge in [-0.05, 0) is 59.5 Å². The van der Waals surface area contributed by atoms with Gasteiger partial charge < -0.3 is 4.90 Å². The molecular formula is C38H29NO. The summed E-state index contributed by atoms with van der Waals surface area (Å²) in [6, 6.07) is 53.6. The van der Waals surface area contributed by atoms with Gasteiger partial charge in [-0.15, -0.1) is 0 Å². The fourth-order valence-corrected chi connectivity index (χ4v) is 5.16. The number of aryl methyl sites for hydroxylation is 1. The molecule has 0 N–H and O–H groups in total. The second kappa shape index (κ2) is 11.3. The molecule has 0 aliphatic heterocycles.